The number of benzene rings is 1. The van der Waals surface area contributed by atoms with Crippen molar-refractivity contribution in [1.29, 1.82) is 0 Å². The quantitative estimate of drug-likeness (QED) is 0.798. The summed E-state index contributed by atoms with van der Waals surface area (Å²) in [7, 11) is 0. The van der Waals surface area contributed by atoms with Crippen LogP contribution in [0.1, 0.15) is 22.3 Å². The van der Waals surface area contributed by atoms with Crippen LogP contribution in [-0.4, -0.2) is 43.5 Å². The van der Waals surface area contributed by atoms with Crippen LogP contribution in [0.3, 0.4) is 0 Å². The molecule has 1 heterocycles. The van der Waals surface area contributed by atoms with Gasteiger partial charge in [0.25, 0.3) is 0 Å². The molecule has 1 aromatic rings. The summed E-state index contributed by atoms with van der Waals surface area (Å²) in [5, 5.41) is 0. The number of carbonyl (C=O) groups is 1. The first kappa shape index (κ1) is 17.9. The number of morpholine rings is 1. The maximum atomic E-state index is 12.6. The van der Waals surface area contributed by atoms with Crippen molar-refractivity contribution >= 4 is 18.2 Å². The van der Waals surface area contributed by atoms with E-state index < -0.39 is 11.7 Å². The molecule has 0 saturated carbocycles. The molecule has 1 fully saturated rings. The predicted octanol–water partition coefficient (Wildman–Crippen LogP) is 3.03. The molecule has 0 spiro atoms. The van der Waals surface area contributed by atoms with Crippen LogP contribution in [0.15, 0.2) is 24.3 Å². The predicted molar refractivity (Wildman–Crippen MR) is 74.9 cm³/mol. The Hall–Kier alpha value is -1.11. The van der Waals surface area contributed by atoms with Crippen molar-refractivity contribution < 1.29 is 22.7 Å². The molecule has 1 aromatic carbocycles. The van der Waals surface area contributed by atoms with E-state index in [9.17, 15) is 18.0 Å². The number of halogens is 4. The minimum absolute atomic E-state index is 0. The fourth-order valence-electron chi connectivity index (χ4n) is 2.10. The van der Waals surface area contributed by atoms with Crippen LogP contribution < -0.4 is 0 Å². The summed E-state index contributed by atoms with van der Waals surface area (Å²) < 4.78 is 42.9. The van der Waals surface area contributed by atoms with Crippen molar-refractivity contribution in [2.45, 2.75) is 12.6 Å². The number of ketones is 1. The third-order valence-corrected chi connectivity index (χ3v) is 3.27. The smallest absolute Gasteiger partial charge is 0.379 e. The molecule has 0 N–H and O–H groups in total. The highest BCUT2D eigenvalue weighted by Gasteiger charge is 2.30. The Balaban J connectivity index is 0.00000220. The van der Waals surface area contributed by atoms with Crippen molar-refractivity contribution in [3.63, 3.8) is 0 Å². The van der Waals surface area contributed by atoms with E-state index in [1.807, 2.05) is 0 Å². The van der Waals surface area contributed by atoms with Gasteiger partial charge in [0.1, 0.15) is 0 Å². The second-order valence-electron chi connectivity index (χ2n) is 4.71. The van der Waals surface area contributed by atoms with Crippen molar-refractivity contribution in [2.75, 3.05) is 32.8 Å². The molecule has 3 nitrogen and oxygen atoms in total. The van der Waals surface area contributed by atoms with E-state index in [0.717, 1.165) is 25.2 Å². The molecular weight excluding hydrogens is 307 g/mol. The molecule has 1 aliphatic rings. The van der Waals surface area contributed by atoms with Gasteiger partial charge in [-0.1, -0.05) is 12.1 Å². The van der Waals surface area contributed by atoms with E-state index in [4.69, 9.17) is 4.74 Å². The van der Waals surface area contributed by atoms with Gasteiger partial charge >= 0.3 is 6.18 Å². The van der Waals surface area contributed by atoms with Crippen LogP contribution in [0.5, 0.6) is 0 Å². The van der Waals surface area contributed by atoms with Gasteiger partial charge in [-0.2, -0.15) is 13.2 Å². The first-order chi connectivity index (χ1) is 9.47. The maximum absolute atomic E-state index is 12.6. The minimum Gasteiger partial charge on any atom is -0.379 e. The first-order valence-corrected chi connectivity index (χ1v) is 6.47. The van der Waals surface area contributed by atoms with Crippen molar-refractivity contribution in [3.8, 4) is 0 Å². The zero-order valence-corrected chi connectivity index (χ0v) is 12.2. The molecule has 21 heavy (non-hydrogen) atoms. The van der Waals surface area contributed by atoms with Gasteiger partial charge in [-0.3, -0.25) is 9.69 Å². The van der Waals surface area contributed by atoms with Crippen LogP contribution >= 0.6 is 12.4 Å². The summed E-state index contributed by atoms with van der Waals surface area (Å²) in [6.45, 7) is 3.35. The largest absolute Gasteiger partial charge is 0.416 e. The van der Waals surface area contributed by atoms with Gasteiger partial charge < -0.3 is 4.74 Å². The van der Waals surface area contributed by atoms with Gasteiger partial charge in [-0.05, 0) is 12.1 Å². The summed E-state index contributed by atoms with van der Waals surface area (Å²) in [6, 6.07) is 4.59. The lowest BCUT2D eigenvalue weighted by Crippen LogP contribution is -2.37. The van der Waals surface area contributed by atoms with Gasteiger partial charge in [0.15, 0.2) is 5.78 Å². The molecule has 0 atom stereocenters. The van der Waals surface area contributed by atoms with Crippen molar-refractivity contribution in [3.05, 3.63) is 35.4 Å². The Morgan fingerprint density at radius 1 is 1.24 bits per heavy atom. The van der Waals surface area contributed by atoms with Crippen LogP contribution in [0, 0.1) is 0 Å². The second-order valence-corrected chi connectivity index (χ2v) is 4.71. The molecule has 0 aromatic heterocycles. The third-order valence-electron chi connectivity index (χ3n) is 3.27. The number of alkyl halides is 3. The molecule has 1 saturated heterocycles. The van der Waals surface area contributed by atoms with Gasteiger partial charge in [-0.25, -0.2) is 0 Å². The van der Waals surface area contributed by atoms with Crippen molar-refractivity contribution in [1.82, 2.24) is 4.90 Å². The highest BCUT2D eigenvalue weighted by Crippen LogP contribution is 2.29. The molecule has 7 heteroatoms. The number of carbonyl (C=O) groups excluding carboxylic acids is 1. The van der Waals surface area contributed by atoms with Gasteiger partial charge in [-0.15, -0.1) is 12.4 Å². The highest BCUT2D eigenvalue weighted by atomic mass is 35.5. The number of Topliss-reactive ketones (excluding diaryl/α,β-unsaturated/α-hetero) is 1. The number of hydrogen-bond donors (Lipinski definition) is 0. The summed E-state index contributed by atoms with van der Waals surface area (Å²) >= 11 is 0. The van der Waals surface area contributed by atoms with Gasteiger partial charge in [0.05, 0.1) is 18.8 Å². The average molecular weight is 324 g/mol. The molecule has 2 rings (SSSR count). The number of ether oxygens (including phenoxy) is 1. The van der Waals surface area contributed by atoms with E-state index in [-0.39, 0.29) is 30.2 Å². The Morgan fingerprint density at radius 3 is 2.52 bits per heavy atom. The highest BCUT2D eigenvalue weighted by molar-refractivity contribution is 5.96. The van der Waals surface area contributed by atoms with E-state index in [1.165, 1.54) is 12.1 Å². The van der Waals surface area contributed by atoms with E-state index in [2.05, 4.69) is 4.90 Å². The normalized spacial score (nSPS) is 16.3. The molecule has 0 amide bonds. The Labute approximate surface area is 127 Å². The molecule has 0 aliphatic carbocycles. The SMILES string of the molecule is Cl.O=C(CCN1CCOCC1)c1cccc(C(F)(F)F)c1. The average Bonchev–Trinajstić information content (AvgIpc) is 2.45. The molecule has 0 radical (unpaired) electrons. The molecule has 1 aliphatic heterocycles. The van der Waals surface area contributed by atoms with E-state index in [1.54, 1.807) is 0 Å². The monoisotopic (exact) mass is 323 g/mol. The maximum Gasteiger partial charge on any atom is 0.416 e. The van der Waals surface area contributed by atoms with Crippen LogP contribution in [0.25, 0.3) is 0 Å². The Morgan fingerprint density at radius 2 is 1.90 bits per heavy atom. The van der Waals surface area contributed by atoms with Crippen LogP contribution in [0.4, 0.5) is 13.2 Å². The minimum atomic E-state index is -4.42. The van der Waals surface area contributed by atoms with E-state index >= 15 is 0 Å². The molecule has 118 valence electrons. The standard InChI is InChI=1S/C14H16F3NO2.ClH/c15-14(16,17)12-3-1-2-11(10-12)13(19)4-5-18-6-8-20-9-7-18;/h1-3,10H,4-9H2;1H. The number of nitrogens with zero attached hydrogens (tertiary/aromatic N) is 1. The summed E-state index contributed by atoms with van der Waals surface area (Å²) in [4.78, 5) is 14.0. The van der Waals surface area contributed by atoms with E-state index in [0.29, 0.717) is 19.8 Å². The lowest BCUT2D eigenvalue weighted by Gasteiger charge is -2.26. The number of hydrogen-bond acceptors (Lipinski definition) is 3. The lowest BCUT2D eigenvalue weighted by atomic mass is 10.0. The molecule has 0 unspecified atom stereocenters. The van der Waals surface area contributed by atoms with Gasteiger partial charge in [0, 0.05) is 31.6 Å². The fourth-order valence-corrected chi connectivity index (χ4v) is 2.10. The second kappa shape index (κ2) is 7.77. The third kappa shape index (κ3) is 5.30. The Kier molecular flexibility index (Phi) is 6.64. The lowest BCUT2D eigenvalue weighted by molar-refractivity contribution is -0.137. The summed E-state index contributed by atoms with van der Waals surface area (Å²) in [5.41, 5.74) is -0.664. The summed E-state index contributed by atoms with van der Waals surface area (Å²) in [5.74, 6) is -0.261. The molecular formula is C14H17ClF3NO2. The topological polar surface area (TPSA) is 29.5 Å². The van der Waals surface area contributed by atoms with Crippen molar-refractivity contribution in [2.24, 2.45) is 0 Å². The Bertz CT molecular complexity index is 474. The zero-order chi connectivity index (χ0) is 14.6. The number of rotatable bonds is 4. The summed E-state index contributed by atoms with van der Waals surface area (Å²) in [6.07, 6.45) is -4.19. The van der Waals surface area contributed by atoms with Gasteiger partial charge in [0.2, 0.25) is 0 Å². The fraction of sp³-hybridized carbons (Fsp3) is 0.500. The first-order valence-electron chi connectivity index (χ1n) is 6.47. The van der Waals surface area contributed by atoms with Crippen LogP contribution in [0.2, 0.25) is 0 Å². The molecule has 0 bridgehead atoms. The zero-order valence-electron chi connectivity index (χ0n) is 11.4. The van der Waals surface area contributed by atoms with Crippen LogP contribution in [-0.2, 0) is 10.9 Å².